The van der Waals surface area contributed by atoms with Crippen LogP contribution in [0.5, 0.6) is 0 Å². The summed E-state index contributed by atoms with van der Waals surface area (Å²) in [5.74, 6) is 0. The molecule has 1 aliphatic rings. The molecule has 1 N–H and O–H groups in total. The topological polar surface area (TPSA) is 15.3 Å². The average molecular weight is 254 g/mol. The highest BCUT2D eigenvalue weighted by atomic mass is 15.2. The first-order chi connectivity index (χ1) is 8.72. The highest BCUT2D eigenvalue weighted by molar-refractivity contribution is 4.87. The summed E-state index contributed by atoms with van der Waals surface area (Å²) in [4.78, 5) is 2.77. The van der Waals surface area contributed by atoms with E-state index >= 15 is 0 Å². The van der Waals surface area contributed by atoms with Gasteiger partial charge in [-0.3, -0.25) is 4.90 Å². The largest absolute Gasteiger partial charge is 0.311 e. The lowest BCUT2D eigenvalue weighted by Crippen LogP contribution is -2.58. The molecule has 1 fully saturated rings. The molecular formula is C16H34N2. The summed E-state index contributed by atoms with van der Waals surface area (Å²) in [6.07, 6.45) is 9.50. The van der Waals surface area contributed by atoms with E-state index in [1.54, 1.807) is 0 Å². The van der Waals surface area contributed by atoms with E-state index in [1.165, 1.54) is 58.0 Å². The predicted molar refractivity (Wildman–Crippen MR) is 81.1 cm³/mol. The number of hydrogen-bond donors (Lipinski definition) is 1. The van der Waals surface area contributed by atoms with Crippen LogP contribution in [0.2, 0.25) is 0 Å². The first-order valence-corrected chi connectivity index (χ1v) is 8.21. The van der Waals surface area contributed by atoms with Gasteiger partial charge in [0.05, 0.1) is 0 Å². The predicted octanol–water partition coefficient (Wildman–Crippen LogP) is 3.81. The lowest BCUT2D eigenvalue weighted by atomic mass is 10.00. The van der Waals surface area contributed by atoms with Gasteiger partial charge in [-0.25, -0.2) is 0 Å². The summed E-state index contributed by atoms with van der Waals surface area (Å²) >= 11 is 0. The molecule has 0 spiro atoms. The Hall–Kier alpha value is -0.0800. The quantitative estimate of drug-likeness (QED) is 0.663. The minimum atomic E-state index is 0.714. The van der Waals surface area contributed by atoms with Crippen LogP contribution in [0.1, 0.15) is 72.6 Å². The van der Waals surface area contributed by atoms with Crippen molar-refractivity contribution >= 4 is 0 Å². The average Bonchev–Trinajstić information content (AvgIpc) is 2.42. The fraction of sp³-hybridized carbons (Fsp3) is 1.00. The van der Waals surface area contributed by atoms with E-state index in [1.807, 2.05) is 0 Å². The Labute approximate surface area is 115 Å². The van der Waals surface area contributed by atoms with Crippen LogP contribution in [0.25, 0.3) is 0 Å². The van der Waals surface area contributed by atoms with Crippen molar-refractivity contribution in [2.75, 3.05) is 13.1 Å². The summed E-state index contributed by atoms with van der Waals surface area (Å²) in [5.41, 5.74) is 0. The third-order valence-electron chi connectivity index (χ3n) is 4.55. The Balaban J connectivity index is 2.38. The molecule has 0 aliphatic carbocycles. The van der Waals surface area contributed by atoms with Gasteiger partial charge in [0, 0.05) is 31.2 Å². The van der Waals surface area contributed by atoms with Gasteiger partial charge in [0.2, 0.25) is 0 Å². The van der Waals surface area contributed by atoms with Gasteiger partial charge in [-0.05, 0) is 26.2 Å². The molecule has 2 nitrogen and oxygen atoms in total. The van der Waals surface area contributed by atoms with Gasteiger partial charge in [0.25, 0.3) is 0 Å². The molecule has 108 valence electrons. The van der Waals surface area contributed by atoms with E-state index in [9.17, 15) is 0 Å². The minimum Gasteiger partial charge on any atom is -0.311 e. The van der Waals surface area contributed by atoms with Crippen molar-refractivity contribution in [2.24, 2.45) is 0 Å². The van der Waals surface area contributed by atoms with E-state index in [4.69, 9.17) is 0 Å². The van der Waals surface area contributed by atoms with Crippen LogP contribution in [-0.2, 0) is 0 Å². The third-order valence-corrected chi connectivity index (χ3v) is 4.55. The molecule has 1 aliphatic heterocycles. The van der Waals surface area contributed by atoms with E-state index < -0.39 is 0 Å². The normalized spacial score (nSPS) is 27.3. The van der Waals surface area contributed by atoms with Crippen LogP contribution in [0.4, 0.5) is 0 Å². The molecule has 0 aromatic carbocycles. The zero-order chi connectivity index (χ0) is 13.4. The smallest absolute Gasteiger partial charge is 0.0221 e. The van der Waals surface area contributed by atoms with Gasteiger partial charge in [-0.2, -0.15) is 0 Å². The molecule has 3 atom stereocenters. The molecule has 0 aromatic heterocycles. The molecule has 2 heteroatoms. The SMILES string of the molecule is CCCCCCC(C)N1CC(CC)NCC1CC. The van der Waals surface area contributed by atoms with E-state index in [0.29, 0.717) is 6.04 Å². The summed E-state index contributed by atoms with van der Waals surface area (Å²) in [6.45, 7) is 11.8. The molecular weight excluding hydrogens is 220 g/mol. The van der Waals surface area contributed by atoms with Crippen LogP contribution < -0.4 is 5.32 Å². The molecule has 0 bridgehead atoms. The monoisotopic (exact) mass is 254 g/mol. The zero-order valence-corrected chi connectivity index (χ0v) is 13.0. The first kappa shape index (κ1) is 16.0. The molecule has 1 heterocycles. The molecule has 1 rings (SSSR count). The standard InChI is InChI=1S/C16H34N2/c1-5-8-9-10-11-14(4)18-13-15(6-2)17-12-16(18)7-3/h14-17H,5-13H2,1-4H3. The number of nitrogens with zero attached hydrogens (tertiary/aromatic N) is 1. The molecule has 0 radical (unpaired) electrons. The fourth-order valence-corrected chi connectivity index (χ4v) is 3.11. The number of nitrogens with one attached hydrogen (secondary N) is 1. The Morgan fingerprint density at radius 3 is 2.50 bits per heavy atom. The maximum Gasteiger partial charge on any atom is 0.0221 e. The number of unbranched alkanes of at least 4 members (excludes halogenated alkanes) is 3. The van der Waals surface area contributed by atoms with E-state index in [0.717, 1.165) is 12.1 Å². The molecule has 0 aromatic rings. The van der Waals surface area contributed by atoms with Gasteiger partial charge < -0.3 is 5.32 Å². The van der Waals surface area contributed by atoms with E-state index in [2.05, 4.69) is 37.9 Å². The Bertz CT molecular complexity index is 205. The number of rotatable bonds is 8. The lowest BCUT2D eigenvalue weighted by Gasteiger charge is -2.43. The van der Waals surface area contributed by atoms with Crippen molar-refractivity contribution in [3.63, 3.8) is 0 Å². The highest BCUT2D eigenvalue weighted by Crippen LogP contribution is 2.19. The summed E-state index contributed by atoms with van der Waals surface area (Å²) in [6, 6.07) is 2.24. The van der Waals surface area contributed by atoms with Crippen molar-refractivity contribution in [3.8, 4) is 0 Å². The van der Waals surface area contributed by atoms with Crippen LogP contribution in [0.3, 0.4) is 0 Å². The second-order valence-corrected chi connectivity index (χ2v) is 5.97. The Morgan fingerprint density at radius 1 is 1.11 bits per heavy atom. The van der Waals surface area contributed by atoms with Crippen molar-refractivity contribution < 1.29 is 0 Å². The minimum absolute atomic E-state index is 0.714. The second kappa shape index (κ2) is 8.92. The Morgan fingerprint density at radius 2 is 1.89 bits per heavy atom. The molecule has 3 unspecified atom stereocenters. The van der Waals surface area contributed by atoms with Crippen molar-refractivity contribution in [2.45, 2.75) is 90.8 Å². The van der Waals surface area contributed by atoms with Crippen LogP contribution in [0.15, 0.2) is 0 Å². The van der Waals surface area contributed by atoms with Gasteiger partial charge in [-0.15, -0.1) is 0 Å². The van der Waals surface area contributed by atoms with Crippen molar-refractivity contribution in [1.82, 2.24) is 10.2 Å². The van der Waals surface area contributed by atoms with Crippen LogP contribution >= 0.6 is 0 Å². The van der Waals surface area contributed by atoms with Gasteiger partial charge in [0.15, 0.2) is 0 Å². The molecule has 0 saturated carbocycles. The fourth-order valence-electron chi connectivity index (χ4n) is 3.11. The number of piperazine rings is 1. The summed E-state index contributed by atoms with van der Waals surface area (Å²) in [5, 5.41) is 3.69. The van der Waals surface area contributed by atoms with Gasteiger partial charge in [-0.1, -0.05) is 46.5 Å². The van der Waals surface area contributed by atoms with Gasteiger partial charge >= 0.3 is 0 Å². The molecule has 1 saturated heterocycles. The maximum atomic E-state index is 3.69. The number of hydrogen-bond acceptors (Lipinski definition) is 2. The molecule has 0 amide bonds. The summed E-state index contributed by atoms with van der Waals surface area (Å²) in [7, 11) is 0. The lowest BCUT2D eigenvalue weighted by molar-refractivity contribution is 0.0798. The summed E-state index contributed by atoms with van der Waals surface area (Å²) < 4.78 is 0. The van der Waals surface area contributed by atoms with E-state index in [-0.39, 0.29) is 0 Å². The second-order valence-electron chi connectivity index (χ2n) is 5.97. The van der Waals surface area contributed by atoms with Crippen molar-refractivity contribution in [1.29, 1.82) is 0 Å². The van der Waals surface area contributed by atoms with Crippen LogP contribution in [-0.4, -0.2) is 36.1 Å². The van der Waals surface area contributed by atoms with Crippen LogP contribution in [0, 0.1) is 0 Å². The first-order valence-electron chi connectivity index (χ1n) is 8.21. The Kier molecular flexibility index (Phi) is 7.92. The highest BCUT2D eigenvalue weighted by Gasteiger charge is 2.28. The third kappa shape index (κ3) is 4.89. The maximum absolute atomic E-state index is 3.69. The molecule has 18 heavy (non-hydrogen) atoms. The zero-order valence-electron chi connectivity index (χ0n) is 13.0. The van der Waals surface area contributed by atoms with Gasteiger partial charge in [0.1, 0.15) is 0 Å². The van der Waals surface area contributed by atoms with Crippen molar-refractivity contribution in [3.05, 3.63) is 0 Å².